The number of aromatic hydroxyl groups is 1. The number of rotatable bonds is 3. The maximum absolute atomic E-state index is 11.3. The highest BCUT2D eigenvalue weighted by atomic mass is 32.1. The van der Waals surface area contributed by atoms with Crippen molar-refractivity contribution in [2.75, 3.05) is 5.32 Å². The number of oxazole rings is 1. The van der Waals surface area contributed by atoms with Gasteiger partial charge in [0.25, 0.3) is 0 Å². The Bertz CT molecular complexity index is 965. The highest BCUT2D eigenvalue weighted by Crippen LogP contribution is 2.33. The van der Waals surface area contributed by atoms with Crippen LogP contribution in [0.1, 0.15) is 18.9 Å². The van der Waals surface area contributed by atoms with Crippen molar-refractivity contribution in [3.05, 3.63) is 42.0 Å². The number of benzene rings is 2. The summed E-state index contributed by atoms with van der Waals surface area (Å²) in [5.74, 6) is 0.157. The number of nitrogens with zero attached hydrogens (tertiary/aromatic N) is 1. The van der Waals surface area contributed by atoms with Crippen LogP contribution in [-0.4, -0.2) is 21.1 Å². The SMILES string of the molecule is CCC(=O)NC(=S)Nc1ccc(-c2nc3ccc(C)cc3o2)c(O)c1. The normalized spacial score (nSPS) is 10.6. The van der Waals surface area contributed by atoms with E-state index in [0.29, 0.717) is 29.1 Å². The number of hydrogen-bond donors (Lipinski definition) is 3. The van der Waals surface area contributed by atoms with Crippen LogP contribution in [0.4, 0.5) is 5.69 Å². The van der Waals surface area contributed by atoms with Gasteiger partial charge >= 0.3 is 0 Å². The number of aromatic nitrogens is 1. The minimum atomic E-state index is -0.180. The van der Waals surface area contributed by atoms with Crippen molar-refractivity contribution in [2.45, 2.75) is 20.3 Å². The smallest absolute Gasteiger partial charge is 0.231 e. The molecule has 0 atom stereocenters. The molecule has 2 aromatic carbocycles. The van der Waals surface area contributed by atoms with Gasteiger partial charge in [0.15, 0.2) is 10.7 Å². The average Bonchev–Trinajstić information content (AvgIpc) is 2.97. The lowest BCUT2D eigenvalue weighted by Crippen LogP contribution is -2.33. The summed E-state index contributed by atoms with van der Waals surface area (Å²) in [4.78, 5) is 15.7. The molecule has 0 fully saturated rings. The number of carbonyl (C=O) groups excluding carboxylic acids is 1. The van der Waals surface area contributed by atoms with E-state index in [1.54, 1.807) is 19.1 Å². The standard InChI is InChI=1S/C18H17N3O3S/c1-3-16(23)21-18(25)19-11-5-6-12(14(22)9-11)17-20-13-7-4-10(2)8-15(13)24-17/h4-9,22H,3H2,1-2H3,(H2,19,21,23,25). The Kier molecular flexibility index (Phi) is 4.67. The monoisotopic (exact) mass is 355 g/mol. The quantitative estimate of drug-likeness (QED) is 0.621. The fourth-order valence-corrected chi connectivity index (χ4v) is 2.55. The summed E-state index contributed by atoms with van der Waals surface area (Å²) in [6.07, 6.45) is 0.337. The van der Waals surface area contributed by atoms with Crippen LogP contribution in [0.3, 0.4) is 0 Å². The number of amides is 1. The number of aryl methyl sites for hydroxylation is 1. The van der Waals surface area contributed by atoms with Gasteiger partial charge in [-0.25, -0.2) is 4.98 Å². The maximum atomic E-state index is 11.3. The zero-order valence-corrected chi connectivity index (χ0v) is 14.6. The van der Waals surface area contributed by atoms with Gasteiger partial charge in [0, 0.05) is 18.2 Å². The molecule has 0 aliphatic heterocycles. The van der Waals surface area contributed by atoms with Crippen molar-refractivity contribution < 1.29 is 14.3 Å². The molecule has 3 rings (SSSR count). The molecule has 0 aliphatic rings. The Morgan fingerprint density at radius 2 is 2.08 bits per heavy atom. The van der Waals surface area contributed by atoms with Crippen LogP contribution in [0.5, 0.6) is 5.75 Å². The van der Waals surface area contributed by atoms with Gasteiger partial charge in [-0.2, -0.15) is 0 Å². The summed E-state index contributed by atoms with van der Waals surface area (Å²) in [6, 6.07) is 10.6. The number of phenolic OH excluding ortho intramolecular Hbond substituents is 1. The fraction of sp³-hybridized carbons (Fsp3) is 0.167. The van der Waals surface area contributed by atoms with Gasteiger partial charge in [-0.3, -0.25) is 4.79 Å². The summed E-state index contributed by atoms with van der Waals surface area (Å²) in [6.45, 7) is 3.71. The molecule has 3 N–H and O–H groups in total. The van der Waals surface area contributed by atoms with Gasteiger partial charge in [0.2, 0.25) is 11.8 Å². The minimum Gasteiger partial charge on any atom is -0.507 e. The fourth-order valence-electron chi connectivity index (χ4n) is 2.31. The Morgan fingerprint density at radius 1 is 1.28 bits per heavy atom. The van der Waals surface area contributed by atoms with E-state index in [9.17, 15) is 9.90 Å². The van der Waals surface area contributed by atoms with Crippen molar-refractivity contribution >= 4 is 40.0 Å². The van der Waals surface area contributed by atoms with Gasteiger partial charge in [-0.1, -0.05) is 13.0 Å². The lowest BCUT2D eigenvalue weighted by Gasteiger charge is -2.10. The number of anilines is 1. The predicted molar refractivity (Wildman–Crippen MR) is 101 cm³/mol. The Balaban J connectivity index is 1.83. The van der Waals surface area contributed by atoms with Crippen LogP contribution in [0.2, 0.25) is 0 Å². The van der Waals surface area contributed by atoms with E-state index in [1.165, 1.54) is 6.07 Å². The third-order valence-electron chi connectivity index (χ3n) is 3.60. The number of nitrogens with one attached hydrogen (secondary N) is 2. The van der Waals surface area contributed by atoms with Crippen molar-refractivity contribution in [1.29, 1.82) is 0 Å². The van der Waals surface area contributed by atoms with Crippen LogP contribution >= 0.6 is 12.2 Å². The Morgan fingerprint density at radius 3 is 2.80 bits per heavy atom. The molecule has 0 saturated carbocycles. The summed E-state index contributed by atoms with van der Waals surface area (Å²) in [5.41, 5.74) is 3.49. The number of hydrogen-bond acceptors (Lipinski definition) is 5. The molecule has 128 valence electrons. The second-order valence-electron chi connectivity index (χ2n) is 5.58. The third-order valence-corrected chi connectivity index (χ3v) is 3.81. The van der Waals surface area contributed by atoms with Crippen molar-refractivity contribution in [3.8, 4) is 17.2 Å². The van der Waals surface area contributed by atoms with Gasteiger partial charge in [0.1, 0.15) is 11.3 Å². The summed E-state index contributed by atoms with van der Waals surface area (Å²) < 4.78 is 5.73. The number of carbonyl (C=O) groups is 1. The van der Waals surface area contributed by atoms with Crippen molar-refractivity contribution in [1.82, 2.24) is 10.3 Å². The van der Waals surface area contributed by atoms with E-state index in [1.807, 2.05) is 25.1 Å². The first-order chi connectivity index (χ1) is 12.0. The van der Waals surface area contributed by atoms with Gasteiger partial charge in [-0.15, -0.1) is 0 Å². The van der Waals surface area contributed by atoms with E-state index in [4.69, 9.17) is 16.6 Å². The van der Waals surface area contributed by atoms with E-state index < -0.39 is 0 Å². The van der Waals surface area contributed by atoms with Crippen molar-refractivity contribution in [2.24, 2.45) is 0 Å². The van der Waals surface area contributed by atoms with E-state index in [2.05, 4.69) is 15.6 Å². The van der Waals surface area contributed by atoms with Crippen LogP contribution in [0.15, 0.2) is 40.8 Å². The molecule has 0 spiro atoms. The summed E-state index contributed by atoms with van der Waals surface area (Å²) in [7, 11) is 0. The van der Waals surface area contributed by atoms with Crippen molar-refractivity contribution in [3.63, 3.8) is 0 Å². The molecule has 1 amide bonds. The zero-order valence-electron chi connectivity index (χ0n) is 13.8. The maximum Gasteiger partial charge on any atom is 0.231 e. The second kappa shape index (κ2) is 6.90. The second-order valence-corrected chi connectivity index (χ2v) is 5.99. The summed E-state index contributed by atoms with van der Waals surface area (Å²) in [5, 5.41) is 15.9. The topological polar surface area (TPSA) is 87.4 Å². The van der Waals surface area contributed by atoms with Gasteiger partial charge < -0.3 is 20.2 Å². The van der Waals surface area contributed by atoms with Gasteiger partial charge in [0.05, 0.1) is 5.56 Å². The number of thiocarbonyl (C=S) groups is 1. The highest BCUT2D eigenvalue weighted by Gasteiger charge is 2.13. The first-order valence-corrected chi connectivity index (χ1v) is 8.18. The molecule has 1 aromatic heterocycles. The predicted octanol–water partition coefficient (Wildman–Crippen LogP) is 3.73. The molecule has 0 unspecified atom stereocenters. The molecule has 3 aromatic rings. The molecule has 6 nitrogen and oxygen atoms in total. The number of phenols is 1. The Labute approximate surface area is 149 Å². The first-order valence-electron chi connectivity index (χ1n) is 7.77. The van der Waals surface area contributed by atoms with Crippen LogP contribution < -0.4 is 10.6 Å². The Hall–Kier alpha value is -2.93. The molecule has 1 heterocycles. The molecular weight excluding hydrogens is 338 g/mol. The molecule has 25 heavy (non-hydrogen) atoms. The molecule has 0 aliphatic carbocycles. The largest absolute Gasteiger partial charge is 0.507 e. The highest BCUT2D eigenvalue weighted by molar-refractivity contribution is 7.80. The molecule has 7 heteroatoms. The summed E-state index contributed by atoms with van der Waals surface area (Å²) >= 11 is 5.05. The molecule has 0 saturated heterocycles. The van der Waals surface area contributed by atoms with E-state index in [0.717, 1.165) is 11.1 Å². The third kappa shape index (κ3) is 3.77. The van der Waals surface area contributed by atoms with Crippen LogP contribution in [-0.2, 0) is 4.79 Å². The lowest BCUT2D eigenvalue weighted by molar-refractivity contribution is -0.119. The van der Waals surface area contributed by atoms with Crippen LogP contribution in [0, 0.1) is 6.92 Å². The molecule has 0 bridgehead atoms. The first kappa shape index (κ1) is 16.9. The minimum absolute atomic E-state index is 0.00195. The lowest BCUT2D eigenvalue weighted by atomic mass is 10.2. The van der Waals surface area contributed by atoms with Gasteiger partial charge in [-0.05, 0) is 49.0 Å². The number of fused-ring (bicyclic) bond motifs is 1. The van der Waals surface area contributed by atoms with E-state index in [-0.39, 0.29) is 16.8 Å². The average molecular weight is 355 g/mol. The zero-order chi connectivity index (χ0) is 18.0. The van der Waals surface area contributed by atoms with E-state index >= 15 is 0 Å². The molecule has 0 radical (unpaired) electrons. The van der Waals surface area contributed by atoms with Crippen LogP contribution in [0.25, 0.3) is 22.6 Å². The molecular formula is C18H17N3O3S.